The molecule has 7 nitrogen and oxygen atoms in total. The van der Waals surface area contributed by atoms with Gasteiger partial charge in [-0.25, -0.2) is 18.7 Å². The minimum atomic E-state index is -0.796. The highest BCUT2D eigenvalue weighted by Gasteiger charge is 2.19. The van der Waals surface area contributed by atoms with Crippen molar-refractivity contribution < 1.29 is 13.6 Å². The van der Waals surface area contributed by atoms with E-state index in [0.29, 0.717) is 23.5 Å². The molecule has 5 N–H and O–H groups in total. The molecule has 3 heterocycles. The first-order valence-electron chi connectivity index (χ1n) is 10.1. The van der Waals surface area contributed by atoms with Gasteiger partial charge in [-0.3, -0.25) is 9.78 Å². The van der Waals surface area contributed by atoms with Crippen molar-refractivity contribution in [1.82, 2.24) is 15.0 Å². The third-order valence-electron chi connectivity index (χ3n) is 5.00. The topological polar surface area (TPSA) is 120 Å². The molecule has 0 unspecified atom stereocenters. The molecule has 3 aromatic heterocycles. The van der Waals surface area contributed by atoms with Gasteiger partial charge in [0.25, 0.3) is 5.91 Å². The van der Waals surface area contributed by atoms with Crippen LogP contribution in [0.25, 0.3) is 22.4 Å². The van der Waals surface area contributed by atoms with Crippen molar-refractivity contribution in [2.24, 2.45) is 0 Å². The molecule has 0 aliphatic carbocycles. The van der Waals surface area contributed by atoms with Crippen LogP contribution in [0.3, 0.4) is 0 Å². The van der Waals surface area contributed by atoms with E-state index in [9.17, 15) is 13.6 Å². The van der Waals surface area contributed by atoms with Gasteiger partial charge in [0.05, 0.1) is 28.8 Å². The maximum atomic E-state index is 14.2. The lowest BCUT2D eigenvalue weighted by atomic mass is 10.0. The standard InChI is InChI=1S/C24H20F2N6O/c1-2-14-10-13(11-21(28)30-14)15-8-9-29-12-20(15)32-24(33)23-18(27)6-7-19(31-23)22-16(25)4-3-5-17(22)26/h3-12H,2,27H2,1H3,(H2,28,30)(H,32,33). The van der Waals surface area contributed by atoms with Crippen LogP contribution in [0.2, 0.25) is 0 Å². The smallest absolute Gasteiger partial charge is 0.276 e. The number of nitrogen functional groups attached to an aromatic ring is 2. The molecule has 0 bridgehead atoms. The lowest BCUT2D eigenvalue weighted by Gasteiger charge is -2.13. The van der Waals surface area contributed by atoms with Crippen LogP contribution in [-0.2, 0) is 6.42 Å². The van der Waals surface area contributed by atoms with Gasteiger partial charge in [0.1, 0.15) is 17.5 Å². The van der Waals surface area contributed by atoms with E-state index in [1.165, 1.54) is 24.4 Å². The highest BCUT2D eigenvalue weighted by molar-refractivity contribution is 6.08. The second-order valence-electron chi connectivity index (χ2n) is 7.23. The Morgan fingerprint density at radius 3 is 2.52 bits per heavy atom. The number of hydrogen-bond donors (Lipinski definition) is 3. The monoisotopic (exact) mass is 446 g/mol. The maximum Gasteiger partial charge on any atom is 0.276 e. The van der Waals surface area contributed by atoms with E-state index < -0.39 is 17.5 Å². The molecular formula is C24H20F2N6O. The third-order valence-corrected chi connectivity index (χ3v) is 5.00. The fourth-order valence-electron chi connectivity index (χ4n) is 3.41. The number of halogens is 2. The summed E-state index contributed by atoms with van der Waals surface area (Å²) in [4.78, 5) is 25.5. The van der Waals surface area contributed by atoms with Gasteiger partial charge < -0.3 is 16.8 Å². The van der Waals surface area contributed by atoms with Gasteiger partial charge in [0.2, 0.25) is 0 Å². The van der Waals surface area contributed by atoms with Crippen LogP contribution in [0.4, 0.5) is 26.0 Å². The van der Waals surface area contributed by atoms with Gasteiger partial charge in [-0.1, -0.05) is 13.0 Å². The number of carbonyl (C=O) groups excluding carboxylic acids is 1. The zero-order valence-corrected chi connectivity index (χ0v) is 17.6. The number of pyridine rings is 3. The lowest BCUT2D eigenvalue weighted by molar-refractivity contribution is 0.102. The maximum absolute atomic E-state index is 14.2. The minimum Gasteiger partial charge on any atom is -0.397 e. The van der Waals surface area contributed by atoms with Crippen molar-refractivity contribution >= 4 is 23.1 Å². The molecule has 4 aromatic rings. The van der Waals surface area contributed by atoms with Gasteiger partial charge in [-0.05, 0) is 54.4 Å². The number of carbonyl (C=O) groups is 1. The SMILES string of the molecule is CCc1cc(-c2ccncc2NC(=O)c2nc(-c3c(F)cccc3F)ccc2N)cc(N)n1. The number of aryl methyl sites for hydroxylation is 1. The molecule has 166 valence electrons. The quantitative estimate of drug-likeness (QED) is 0.416. The summed E-state index contributed by atoms with van der Waals surface area (Å²) in [6.45, 7) is 1.96. The van der Waals surface area contributed by atoms with Crippen LogP contribution in [0.1, 0.15) is 23.1 Å². The summed E-state index contributed by atoms with van der Waals surface area (Å²) in [5, 5.41) is 2.74. The predicted molar refractivity (Wildman–Crippen MR) is 123 cm³/mol. The van der Waals surface area contributed by atoms with E-state index in [1.807, 2.05) is 13.0 Å². The third kappa shape index (κ3) is 4.47. The average molecular weight is 446 g/mol. The highest BCUT2D eigenvalue weighted by atomic mass is 19.1. The zero-order chi connectivity index (χ0) is 23.5. The van der Waals surface area contributed by atoms with Crippen LogP contribution in [0, 0.1) is 11.6 Å². The van der Waals surface area contributed by atoms with E-state index in [-0.39, 0.29) is 22.6 Å². The number of amides is 1. The number of rotatable bonds is 5. The summed E-state index contributed by atoms with van der Waals surface area (Å²) in [6.07, 6.45) is 3.75. The summed E-state index contributed by atoms with van der Waals surface area (Å²) in [7, 11) is 0. The predicted octanol–water partition coefficient (Wildman–Crippen LogP) is 4.46. The Morgan fingerprint density at radius 1 is 1.03 bits per heavy atom. The van der Waals surface area contributed by atoms with Crippen molar-refractivity contribution in [1.29, 1.82) is 0 Å². The molecule has 0 spiro atoms. The second kappa shape index (κ2) is 8.99. The molecule has 1 amide bonds. The Kier molecular flexibility index (Phi) is 5.95. The van der Waals surface area contributed by atoms with E-state index in [1.54, 1.807) is 18.3 Å². The van der Waals surface area contributed by atoms with Crippen molar-refractivity contribution in [2.75, 3.05) is 16.8 Å². The van der Waals surface area contributed by atoms with Crippen LogP contribution in [-0.4, -0.2) is 20.9 Å². The Hall–Kier alpha value is -4.40. The molecule has 0 saturated carbocycles. The zero-order valence-electron chi connectivity index (χ0n) is 17.6. The van der Waals surface area contributed by atoms with Gasteiger partial charge in [-0.15, -0.1) is 0 Å². The molecule has 0 fully saturated rings. The first-order chi connectivity index (χ1) is 15.9. The molecule has 0 atom stereocenters. The van der Waals surface area contributed by atoms with E-state index >= 15 is 0 Å². The largest absolute Gasteiger partial charge is 0.397 e. The first-order valence-corrected chi connectivity index (χ1v) is 10.1. The average Bonchev–Trinajstić information content (AvgIpc) is 2.79. The summed E-state index contributed by atoms with van der Waals surface area (Å²) in [6, 6.07) is 11.5. The number of hydrogen-bond acceptors (Lipinski definition) is 6. The van der Waals surface area contributed by atoms with Crippen LogP contribution < -0.4 is 16.8 Å². The van der Waals surface area contributed by atoms with Crippen molar-refractivity contribution in [3.8, 4) is 22.4 Å². The summed E-state index contributed by atoms with van der Waals surface area (Å²) in [5.74, 6) is -1.90. The van der Waals surface area contributed by atoms with Crippen molar-refractivity contribution in [2.45, 2.75) is 13.3 Å². The Bertz CT molecular complexity index is 1340. The second-order valence-corrected chi connectivity index (χ2v) is 7.23. The van der Waals surface area contributed by atoms with E-state index in [2.05, 4.69) is 20.3 Å². The minimum absolute atomic E-state index is 0.0501. The number of aromatic nitrogens is 3. The number of nitrogens with zero attached hydrogens (tertiary/aromatic N) is 3. The van der Waals surface area contributed by atoms with Crippen LogP contribution in [0.15, 0.2) is 60.9 Å². The van der Waals surface area contributed by atoms with Crippen molar-refractivity contribution in [3.63, 3.8) is 0 Å². The van der Waals surface area contributed by atoms with E-state index in [4.69, 9.17) is 11.5 Å². The molecular weight excluding hydrogens is 426 g/mol. The van der Waals surface area contributed by atoms with Crippen LogP contribution >= 0.6 is 0 Å². The molecule has 9 heteroatoms. The number of anilines is 3. The van der Waals surface area contributed by atoms with Gasteiger partial charge >= 0.3 is 0 Å². The summed E-state index contributed by atoms with van der Waals surface area (Å²) < 4.78 is 28.4. The van der Waals surface area contributed by atoms with Gasteiger partial charge in [0, 0.05) is 17.5 Å². The molecule has 1 aromatic carbocycles. The van der Waals surface area contributed by atoms with Crippen LogP contribution in [0.5, 0.6) is 0 Å². The molecule has 0 saturated heterocycles. The van der Waals surface area contributed by atoms with Crippen molar-refractivity contribution in [3.05, 3.63) is 83.9 Å². The summed E-state index contributed by atoms with van der Waals surface area (Å²) >= 11 is 0. The molecule has 0 radical (unpaired) electrons. The fourth-order valence-corrected chi connectivity index (χ4v) is 3.41. The fraction of sp³-hybridized carbons (Fsp3) is 0.0833. The molecule has 0 aliphatic heterocycles. The summed E-state index contributed by atoms with van der Waals surface area (Å²) in [5.41, 5.74) is 14.0. The van der Waals surface area contributed by atoms with Gasteiger partial charge in [0.15, 0.2) is 5.69 Å². The Labute approximate surface area is 188 Å². The lowest BCUT2D eigenvalue weighted by Crippen LogP contribution is -2.17. The number of nitrogens with one attached hydrogen (secondary N) is 1. The number of nitrogens with two attached hydrogens (primary N) is 2. The molecule has 33 heavy (non-hydrogen) atoms. The Morgan fingerprint density at radius 2 is 1.79 bits per heavy atom. The number of benzene rings is 1. The van der Waals surface area contributed by atoms with Gasteiger partial charge in [-0.2, -0.15) is 0 Å². The molecule has 4 rings (SSSR count). The normalized spacial score (nSPS) is 10.8. The molecule has 0 aliphatic rings. The Balaban J connectivity index is 1.72. The highest BCUT2D eigenvalue weighted by Crippen LogP contribution is 2.30. The first kappa shape index (κ1) is 21.8. The van der Waals surface area contributed by atoms with E-state index in [0.717, 1.165) is 23.4 Å².